The lowest BCUT2D eigenvalue weighted by molar-refractivity contribution is 0.102. The van der Waals surface area contributed by atoms with Gasteiger partial charge in [-0.1, -0.05) is 12.1 Å². The Bertz CT molecular complexity index is 830. The molecule has 5 heteroatoms. The first-order valence-electron chi connectivity index (χ1n) is 6.28. The molecule has 0 atom stereocenters. The molecule has 0 aliphatic carbocycles. The molecule has 2 aromatic carbocycles. The lowest BCUT2D eigenvalue weighted by Gasteiger charge is -2.09. The third-order valence-electron chi connectivity index (χ3n) is 3.12. The van der Waals surface area contributed by atoms with E-state index >= 15 is 0 Å². The Balaban J connectivity index is 1.99. The first-order chi connectivity index (χ1) is 10.1. The standard InChI is InChI=1S/C16H11FN2OS/c17-14-5-4-11(21)8-13(14)16(20)19-15-3-1-2-10-9-18-7-6-12(10)15/h1-9,21H,(H,19,20). The number of thiol groups is 1. The summed E-state index contributed by atoms with van der Waals surface area (Å²) in [7, 11) is 0. The van der Waals surface area contributed by atoms with Crippen LogP contribution >= 0.6 is 12.6 Å². The van der Waals surface area contributed by atoms with Crippen LogP contribution in [-0.2, 0) is 0 Å². The first-order valence-corrected chi connectivity index (χ1v) is 6.72. The topological polar surface area (TPSA) is 42.0 Å². The molecular formula is C16H11FN2OS. The minimum absolute atomic E-state index is 0.0337. The van der Waals surface area contributed by atoms with Gasteiger partial charge in [-0.3, -0.25) is 9.78 Å². The maximum atomic E-state index is 13.7. The largest absolute Gasteiger partial charge is 0.321 e. The number of pyridine rings is 1. The van der Waals surface area contributed by atoms with Crippen molar-refractivity contribution in [3.8, 4) is 0 Å². The van der Waals surface area contributed by atoms with E-state index in [0.717, 1.165) is 10.8 Å². The van der Waals surface area contributed by atoms with Crippen LogP contribution < -0.4 is 5.32 Å². The van der Waals surface area contributed by atoms with Crippen molar-refractivity contribution in [2.75, 3.05) is 5.32 Å². The van der Waals surface area contributed by atoms with Gasteiger partial charge in [0.15, 0.2) is 0 Å². The molecule has 3 nitrogen and oxygen atoms in total. The molecule has 1 N–H and O–H groups in total. The molecule has 0 aliphatic rings. The van der Waals surface area contributed by atoms with Gasteiger partial charge in [0.05, 0.1) is 5.56 Å². The number of fused-ring (bicyclic) bond motifs is 1. The molecule has 0 saturated carbocycles. The van der Waals surface area contributed by atoms with Gasteiger partial charge >= 0.3 is 0 Å². The lowest BCUT2D eigenvalue weighted by atomic mass is 10.1. The molecular weight excluding hydrogens is 287 g/mol. The van der Waals surface area contributed by atoms with Gasteiger partial charge in [-0.05, 0) is 30.3 Å². The number of carbonyl (C=O) groups is 1. The highest BCUT2D eigenvalue weighted by molar-refractivity contribution is 7.80. The predicted octanol–water partition coefficient (Wildman–Crippen LogP) is 3.91. The zero-order valence-electron chi connectivity index (χ0n) is 10.9. The van der Waals surface area contributed by atoms with Gasteiger partial charge in [-0.15, -0.1) is 12.6 Å². The summed E-state index contributed by atoms with van der Waals surface area (Å²) in [6.07, 6.45) is 3.35. The monoisotopic (exact) mass is 298 g/mol. The number of carbonyl (C=O) groups excluding carboxylic acids is 1. The molecule has 1 amide bonds. The number of benzene rings is 2. The van der Waals surface area contributed by atoms with Gasteiger partial charge < -0.3 is 5.32 Å². The highest BCUT2D eigenvalue weighted by Crippen LogP contribution is 2.23. The summed E-state index contributed by atoms with van der Waals surface area (Å²) < 4.78 is 13.7. The molecule has 0 saturated heterocycles. The van der Waals surface area contributed by atoms with E-state index in [9.17, 15) is 9.18 Å². The van der Waals surface area contributed by atoms with Crippen molar-refractivity contribution < 1.29 is 9.18 Å². The Morgan fingerprint density at radius 1 is 1.19 bits per heavy atom. The molecule has 1 aromatic heterocycles. The molecule has 0 bridgehead atoms. The van der Waals surface area contributed by atoms with Crippen LogP contribution in [0.15, 0.2) is 59.8 Å². The molecule has 1 heterocycles. The van der Waals surface area contributed by atoms with Gasteiger partial charge in [0.2, 0.25) is 0 Å². The van der Waals surface area contributed by atoms with Crippen LogP contribution in [0, 0.1) is 5.82 Å². The second kappa shape index (κ2) is 5.54. The van der Waals surface area contributed by atoms with Gasteiger partial charge in [-0.25, -0.2) is 4.39 Å². The van der Waals surface area contributed by atoms with E-state index < -0.39 is 11.7 Å². The van der Waals surface area contributed by atoms with Crippen LogP contribution in [0.3, 0.4) is 0 Å². The van der Waals surface area contributed by atoms with Crippen molar-refractivity contribution >= 4 is 35.0 Å². The summed E-state index contributed by atoms with van der Waals surface area (Å²) in [4.78, 5) is 16.8. The van der Waals surface area contributed by atoms with E-state index in [1.54, 1.807) is 24.5 Å². The zero-order valence-corrected chi connectivity index (χ0v) is 11.8. The Kier molecular flexibility index (Phi) is 3.58. The number of halogens is 1. The fourth-order valence-electron chi connectivity index (χ4n) is 2.11. The van der Waals surface area contributed by atoms with Crippen molar-refractivity contribution in [2.45, 2.75) is 4.90 Å². The van der Waals surface area contributed by atoms with E-state index in [4.69, 9.17) is 0 Å². The molecule has 0 unspecified atom stereocenters. The van der Waals surface area contributed by atoms with Crippen LogP contribution in [0.4, 0.5) is 10.1 Å². The number of anilines is 1. The van der Waals surface area contributed by atoms with E-state index in [-0.39, 0.29) is 5.56 Å². The molecule has 0 radical (unpaired) electrons. The second-order valence-corrected chi connectivity index (χ2v) is 5.04. The van der Waals surface area contributed by atoms with Crippen molar-refractivity contribution in [3.05, 3.63) is 66.2 Å². The van der Waals surface area contributed by atoms with Crippen LogP contribution in [0.1, 0.15) is 10.4 Å². The van der Waals surface area contributed by atoms with E-state index in [1.807, 2.05) is 12.1 Å². The van der Waals surface area contributed by atoms with Gasteiger partial charge in [-0.2, -0.15) is 0 Å². The van der Waals surface area contributed by atoms with Crippen LogP contribution in [0.2, 0.25) is 0 Å². The third kappa shape index (κ3) is 2.73. The number of nitrogens with zero attached hydrogens (tertiary/aromatic N) is 1. The number of rotatable bonds is 2. The van der Waals surface area contributed by atoms with E-state index in [2.05, 4.69) is 22.9 Å². The quantitative estimate of drug-likeness (QED) is 0.704. The second-order valence-electron chi connectivity index (χ2n) is 4.52. The summed E-state index contributed by atoms with van der Waals surface area (Å²) in [5.41, 5.74) is 0.581. The van der Waals surface area contributed by atoms with Gasteiger partial charge in [0, 0.05) is 33.7 Å². The zero-order chi connectivity index (χ0) is 14.8. The molecule has 3 rings (SSSR count). The summed E-state index contributed by atoms with van der Waals surface area (Å²) >= 11 is 4.13. The van der Waals surface area contributed by atoms with Crippen molar-refractivity contribution in [1.29, 1.82) is 0 Å². The smallest absolute Gasteiger partial charge is 0.258 e. The number of hydrogen-bond acceptors (Lipinski definition) is 3. The number of aromatic nitrogens is 1. The molecule has 0 aliphatic heterocycles. The Morgan fingerprint density at radius 3 is 2.90 bits per heavy atom. The Hall–Kier alpha value is -2.40. The summed E-state index contributed by atoms with van der Waals surface area (Å²) in [6.45, 7) is 0. The Labute approximate surface area is 126 Å². The lowest BCUT2D eigenvalue weighted by Crippen LogP contribution is -2.14. The fraction of sp³-hybridized carbons (Fsp3) is 0. The van der Waals surface area contributed by atoms with Crippen molar-refractivity contribution in [2.24, 2.45) is 0 Å². The van der Waals surface area contributed by atoms with Crippen LogP contribution in [0.25, 0.3) is 10.8 Å². The van der Waals surface area contributed by atoms with Crippen LogP contribution in [0.5, 0.6) is 0 Å². The predicted molar refractivity (Wildman–Crippen MR) is 83.3 cm³/mol. The summed E-state index contributed by atoms with van der Waals surface area (Å²) in [5, 5.41) is 4.48. The fourth-order valence-corrected chi connectivity index (χ4v) is 2.31. The molecule has 104 valence electrons. The first kappa shape index (κ1) is 13.6. The SMILES string of the molecule is O=C(Nc1cccc2cnccc12)c1cc(S)ccc1F. The van der Waals surface area contributed by atoms with Gasteiger partial charge in [0.25, 0.3) is 5.91 Å². The molecule has 0 spiro atoms. The summed E-state index contributed by atoms with van der Waals surface area (Å²) in [6, 6.07) is 11.4. The van der Waals surface area contributed by atoms with E-state index in [1.165, 1.54) is 18.2 Å². The van der Waals surface area contributed by atoms with Gasteiger partial charge in [0.1, 0.15) is 5.82 Å². The van der Waals surface area contributed by atoms with Crippen molar-refractivity contribution in [1.82, 2.24) is 4.98 Å². The highest BCUT2D eigenvalue weighted by atomic mass is 32.1. The molecule has 3 aromatic rings. The molecule has 0 fully saturated rings. The number of nitrogens with one attached hydrogen (secondary N) is 1. The maximum Gasteiger partial charge on any atom is 0.258 e. The van der Waals surface area contributed by atoms with E-state index in [0.29, 0.717) is 10.6 Å². The third-order valence-corrected chi connectivity index (χ3v) is 3.40. The van der Waals surface area contributed by atoms with Crippen LogP contribution in [-0.4, -0.2) is 10.9 Å². The minimum atomic E-state index is -0.577. The Morgan fingerprint density at radius 2 is 2.05 bits per heavy atom. The molecule has 21 heavy (non-hydrogen) atoms. The maximum absolute atomic E-state index is 13.7. The van der Waals surface area contributed by atoms with Crippen molar-refractivity contribution in [3.63, 3.8) is 0 Å². The number of hydrogen-bond donors (Lipinski definition) is 2. The summed E-state index contributed by atoms with van der Waals surface area (Å²) in [5.74, 6) is -1.08. The minimum Gasteiger partial charge on any atom is -0.321 e. The number of amides is 1. The average molecular weight is 298 g/mol. The normalized spacial score (nSPS) is 10.6. The highest BCUT2D eigenvalue weighted by Gasteiger charge is 2.13. The average Bonchev–Trinajstić information content (AvgIpc) is 2.50.